The first-order chi connectivity index (χ1) is 14.2. The van der Waals surface area contributed by atoms with Gasteiger partial charge in [0.05, 0.1) is 18.7 Å². The Morgan fingerprint density at radius 1 is 1.06 bits per heavy atom. The highest BCUT2D eigenvalue weighted by Gasteiger charge is 2.45. The number of ether oxygens (including phenoxy) is 2. The van der Waals surface area contributed by atoms with E-state index in [2.05, 4.69) is 39.2 Å². The maximum Gasteiger partial charge on any atom is 0.410 e. The van der Waals surface area contributed by atoms with E-state index >= 15 is 0 Å². The monoisotopic (exact) mass is 450 g/mol. The Morgan fingerprint density at radius 2 is 1.68 bits per heavy atom. The summed E-state index contributed by atoms with van der Waals surface area (Å²) in [7, 11) is -2.12. The van der Waals surface area contributed by atoms with Crippen LogP contribution in [0.4, 0.5) is 9.59 Å². The highest BCUT2D eigenvalue weighted by molar-refractivity contribution is 6.74. The van der Waals surface area contributed by atoms with Crippen molar-refractivity contribution in [2.75, 3.05) is 13.1 Å². The molecule has 2 rings (SSSR count). The van der Waals surface area contributed by atoms with Gasteiger partial charge in [0.2, 0.25) is 0 Å². The fourth-order valence-electron chi connectivity index (χ4n) is 3.01. The number of benzene rings is 1. The lowest BCUT2D eigenvalue weighted by Gasteiger charge is -2.39. The number of nitrogens with zero attached hydrogens (tertiary/aromatic N) is 1. The van der Waals surface area contributed by atoms with Crippen molar-refractivity contribution in [1.82, 2.24) is 10.2 Å². The largest absolute Gasteiger partial charge is 0.445 e. The molecule has 1 aromatic carbocycles. The maximum atomic E-state index is 12.7. The van der Waals surface area contributed by atoms with Gasteiger partial charge < -0.3 is 24.1 Å². The smallest absolute Gasteiger partial charge is 0.410 e. The van der Waals surface area contributed by atoms with Gasteiger partial charge in [0.15, 0.2) is 8.32 Å². The van der Waals surface area contributed by atoms with E-state index in [0.717, 1.165) is 5.56 Å². The molecule has 0 aliphatic carbocycles. The molecular weight excluding hydrogens is 412 g/mol. The fourth-order valence-corrected chi connectivity index (χ4v) is 4.36. The molecule has 1 aromatic rings. The SMILES string of the molecule is CC(C)(C)OC(=O)N[C@@H]1CN(C(=O)OCc2ccccc2)C[C@@H]1O[Si](C)(C)C(C)(C)C. The van der Waals surface area contributed by atoms with Crippen LogP contribution in [0.15, 0.2) is 30.3 Å². The van der Waals surface area contributed by atoms with Crippen LogP contribution >= 0.6 is 0 Å². The Labute approximate surface area is 187 Å². The van der Waals surface area contributed by atoms with Crippen molar-refractivity contribution in [3.8, 4) is 0 Å². The number of hydrogen-bond acceptors (Lipinski definition) is 5. The minimum absolute atomic E-state index is 0.00467. The van der Waals surface area contributed by atoms with Crippen LogP contribution in [0.1, 0.15) is 47.1 Å². The van der Waals surface area contributed by atoms with Crippen molar-refractivity contribution < 1.29 is 23.5 Å². The van der Waals surface area contributed by atoms with Gasteiger partial charge in [-0.15, -0.1) is 0 Å². The van der Waals surface area contributed by atoms with Gasteiger partial charge in [-0.25, -0.2) is 9.59 Å². The molecule has 0 unspecified atom stereocenters. The third-order valence-corrected chi connectivity index (χ3v) is 10.2. The second kappa shape index (κ2) is 9.61. The molecule has 8 heteroatoms. The molecule has 0 radical (unpaired) electrons. The summed E-state index contributed by atoms with van der Waals surface area (Å²) in [6, 6.07) is 9.18. The quantitative estimate of drug-likeness (QED) is 0.644. The van der Waals surface area contributed by atoms with Crippen molar-refractivity contribution in [1.29, 1.82) is 0 Å². The second-order valence-corrected chi connectivity index (χ2v) is 15.4. The molecule has 1 aliphatic rings. The molecule has 1 aliphatic heterocycles. The van der Waals surface area contributed by atoms with E-state index < -0.39 is 26.1 Å². The van der Waals surface area contributed by atoms with Crippen molar-refractivity contribution in [2.24, 2.45) is 0 Å². The highest BCUT2D eigenvalue weighted by Crippen LogP contribution is 2.38. The van der Waals surface area contributed by atoms with E-state index in [1.54, 1.807) is 4.90 Å². The highest BCUT2D eigenvalue weighted by atomic mass is 28.4. The number of likely N-dealkylation sites (tertiary alicyclic amines) is 1. The first kappa shape index (κ1) is 25.2. The number of nitrogens with one attached hydrogen (secondary N) is 1. The third kappa shape index (κ3) is 7.54. The fraction of sp³-hybridized carbons (Fsp3) is 0.652. The summed E-state index contributed by atoms with van der Waals surface area (Å²) in [5.41, 5.74) is 0.319. The standard InChI is InChI=1S/C23H38N2O5Si/c1-22(2,3)29-20(26)24-18-14-25(15-19(18)30-31(7,8)23(4,5)6)21(27)28-16-17-12-10-9-11-13-17/h9-13,18-19H,14-16H2,1-8H3,(H,24,26)/t18-,19+/m1/s1. The van der Waals surface area contributed by atoms with E-state index in [1.807, 2.05) is 51.1 Å². The van der Waals surface area contributed by atoms with Crippen LogP contribution in [0.5, 0.6) is 0 Å². The van der Waals surface area contributed by atoms with Crippen molar-refractivity contribution in [3.05, 3.63) is 35.9 Å². The van der Waals surface area contributed by atoms with Gasteiger partial charge in [-0.3, -0.25) is 0 Å². The van der Waals surface area contributed by atoms with Gasteiger partial charge in [0.1, 0.15) is 12.2 Å². The number of rotatable bonds is 5. The molecule has 174 valence electrons. The number of hydrogen-bond donors (Lipinski definition) is 1. The molecule has 1 N–H and O–H groups in total. The van der Waals surface area contributed by atoms with E-state index in [4.69, 9.17) is 13.9 Å². The van der Waals surface area contributed by atoms with Gasteiger partial charge in [0, 0.05) is 6.54 Å². The summed E-state index contributed by atoms with van der Waals surface area (Å²) in [6.45, 7) is 17.1. The molecule has 0 bridgehead atoms. The topological polar surface area (TPSA) is 77.1 Å². The molecule has 1 fully saturated rings. The molecule has 0 spiro atoms. The minimum Gasteiger partial charge on any atom is -0.445 e. The predicted octanol–water partition coefficient (Wildman–Crippen LogP) is 4.92. The van der Waals surface area contributed by atoms with Crippen LogP contribution in [-0.4, -0.2) is 56.2 Å². The molecule has 31 heavy (non-hydrogen) atoms. The van der Waals surface area contributed by atoms with Crippen molar-refractivity contribution in [2.45, 2.75) is 84.0 Å². The van der Waals surface area contributed by atoms with Crippen LogP contribution < -0.4 is 5.32 Å². The Bertz CT molecular complexity index is 755. The molecular formula is C23H38N2O5Si. The van der Waals surface area contributed by atoms with Crippen LogP contribution in [0.25, 0.3) is 0 Å². The lowest BCUT2D eigenvalue weighted by molar-refractivity contribution is 0.0466. The first-order valence-electron chi connectivity index (χ1n) is 10.8. The zero-order valence-electron chi connectivity index (χ0n) is 20.2. The lowest BCUT2D eigenvalue weighted by atomic mass is 10.2. The molecule has 2 amide bonds. The summed E-state index contributed by atoms with van der Waals surface area (Å²) in [5.74, 6) is 0. The molecule has 7 nitrogen and oxygen atoms in total. The second-order valence-electron chi connectivity index (χ2n) is 10.6. The van der Waals surface area contributed by atoms with Crippen LogP contribution in [0.3, 0.4) is 0 Å². The van der Waals surface area contributed by atoms with Gasteiger partial charge in [-0.2, -0.15) is 0 Å². The number of alkyl carbamates (subject to hydrolysis) is 1. The summed E-state index contributed by atoms with van der Waals surface area (Å²) >= 11 is 0. The average Bonchev–Trinajstić information content (AvgIpc) is 2.99. The molecule has 0 saturated carbocycles. The summed E-state index contributed by atoms with van der Waals surface area (Å²) in [6.07, 6.45) is -1.25. The Kier molecular flexibility index (Phi) is 7.81. The van der Waals surface area contributed by atoms with E-state index in [1.165, 1.54) is 0 Å². The summed E-state index contributed by atoms with van der Waals surface area (Å²) in [4.78, 5) is 26.7. The maximum absolute atomic E-state index is 12.7. The normalized spacial score (nSPS) is 19.8. The first-order valence-corrected chi connectivity index (χ1v) is 13.7. The Morgan fingerprint density at radius 3 is 2.23 bits per heavy atom. The van der Waals surface area contributed by atoms with Gasteiger partial charge in [-0.05, 0) is 44.5 Å². The van der Waals surface area contributed by atoms with Crippen LogP contribution in [-0.2, 0) is 20.5 Å². The minimum atomic E-state index is -2.12. The number of carbonyl (C=O) groups is 2. The summed E-state index contributed by atoms with van der Waals surface area (Å²) in [5, 5.41) is 2.91. The molecule has 1 saturated heterocycles. The van der Waals surface area contributed by atoms with E-state index in [9.17, 15) is 9.59 Å². The third-order valence-electron chi connectivity index (χ3n) is 5.68. The van der Waals surface area contributed by atoms with Gasteiger partial charge >= 0.3 is 12.2 Å². The average molecular weight is 451 g/mol. The Balaban J connectivity index is 2.08. The Hall–Kier alpha value is -2.06. The van der Waals surface area contributed by atoms with Crippen LogP contribution in [0.2, 0.25) is 18.1 Å². The summed E-state index contributed by atoms with van der Waals surface area (Å²) < 4.78 is 17.5. The van der Waals surface area contributed by atoms with Gasteiger partial charge in [-0.1, -0.05) is 51.1 Å². The number of amides is 2. The molecule has 2 atom stereocenters. The predicted molar refractivity (Wildman–Crippen MR) is 123 cm³/mol. The van der Waals surface area contributed by atoms with Gasteiger partial charge in [0.25, 0.3) is 0 Å². The molecule has 1 heterocycles. The van der Waals surface area contributed by atoms with Crippen molar-refractivity contribution in [3.63, 3.8) is 0 Å². The zero-order valence-corrected chi connectivity index (χ0v) is 21.2. The lowest BCUT2D eigenvalue weighted by Crippen LogP contribution is -2.51. The zero-order chi connectivity index (χ0) is 23.4. The van der Waals surface area contributed by atoms with E-state index in [-0.39, 0.29) is 23.8 Å². The molecule has 0 aromatic heterocycles. The van der Waals surface area contributed by atoms with Crippen molar-refractivity contribution >= 4 is 20.5 Å². The van der Waals surface area contributed by atoms with Crippen LogP contribution in [0, 0.1) is 0 Å². The van der Waals surface area contributed by atoms with E-state index in [0.29, 0.717) is 13.1 Å². The number of carbonyl (C=O) groups excluding carboxylic acids is 2.